The van der Waals surface area contributed by atoms with Gasteiger partial charge in [-0.1, -0.05) is 26.2 Å². The molecule has 0 bridgehead atoms. The molecule has 1 heterocycles. The molecule has 3 heteroatoms. The summed E-state index contributed by atoms with van der Waals surface area (Å²) in [4.78, 5) is 8.39. The fraction of sp³-hybridized carbons (Fsp3) is 0.692. The van der Waals surface area contributed by atoms with Crippen LogP contribution in [0.1, 0.15) is 50.8 Å². The predicted molar refractivity (Wildman–Crippen MR) is 64.7 cm³/mol. The van der Waals surface area contributed by atoms with E-state index in [9.17, 15) is 0 Å². The molecule has 3 nitrogen and oxygen atoms in total. The molecule has 1 aromatic rings. The maximum Gasteiger partial charge on any atom is 0.0756 e. The second-order valence-corrected chi connectivity index (χ2v) is 4.85. The summed E-state index contributed by atoms with van der Waals surface area (Å²) in [7, 11) is 0. The Morgan fingerprint density at radius 3 is 2.62 bits per heavy atom. The second-order valence-electron chi connectivity index (χ2n) is 4.85. The molecule has 16 heavy (non-hydrogen) atoms. The van der Waals surface area contributed by atoms with Crippen molar-refractivity contribution in [2.75, 3.05) is 0 Å². The minimum atomic E-state index is 0.0755. The molecule has 0 saturated heterocycles. The lowest BCUT2D eigenvalue weighted by Crippen LogP contribution is -2.26. The summed E-state index contributed by atoms with van der Waals surface area (Å²) in [5, 5.41) is 0. The Hall–Kier alpha value is -0.960. The van der Waals surface area contributed by atoms with E-state index in [4.69, 9.17) is 5.73 Å². The van der Waals surface area contributed by atoms with Gasteiger partial charge in [-0.2, -0.15) is 0 Å². The minimum absolute atomic E-state index is 0.0755. The number of rotatable bonds is 3. The first kappa shape index (κ1) is 11.5. The molecule has 1 aromatic heterocycles. The fourth-order valence-corrected chi connectivity index (χ4v) is 2.68. The van der Waals surface area contributed by atoms with Crippen LogP contribution >= 0.6 is 0 Å². The highest BCUT2D eigenvalue weighted by Crippen LogP contribution is 2.35. The normalized spacial score (nSPS) is 27.6. The van der Waals surface area contributed by atoms with Gasteiger partial charge in [-0.3, -0.25) is 9.97 Å². The molecule has 1 fully saturated rings. The maximum atomic E-state index is 6.25. The van der Waals surface area contributed by atoms with E-state index >= 15 is 0 Å². The largest absolute Gasteiger partial charge is 0.322 e. The molecule has 1 unspecified atom stereocenters. The lowest BCUT2D eigenvalue weighted by Gasteiger charge is -2.31. The Bertz CT molecular complexity index is 304. The van der Waals surface area contributed by atoms with Crippen LogP contribution in [0.3, 0.4) is 0 Å². The van der Waals surface area contributed by atoms with Crippen LogP contribution in [0.5, 0.6) is 0 Å². The van der Waals surface area contributed by atoms with Gasteiger partial charge in [-0.15, -0.1) is 0 Å². The summed E-state index contributed by atoms with van der Waals surface area (Å²) in [5.41, 5.74) is 7.20. The first-order valence-electron chi connectivity index (χ1n) is 6.32. The van der Waals surface area contributed by atoms with E-state index in [1.807, 2.05) is 0 Å². The van der Waals surface area contributed by atoms with Gasteiger partial charge < -0.3 is 5.73 Å². The number of hydrogen-bond donors (Lipinski definition) is 1. The van der Waals surface area contributed by atoms with Crippen LogP contribution < -0.4 is 5.73 Å². The van der Waals surface area contributed by atoms with Crippen LogP contribution in [0, 0.1) is 11.8 Å². The third-order valence-electron chi connectivity index (χ3n) is 3.90. The SMILES string of the molecule is CCC1CCC(C(N)c2cnccn2)CC1. The van der Waals surface area contributed by atoms with Crippen molar-refractivity contribution in [3.63, 3.8) is 0 Å². The van der Waals surface area contributed by atoms with Gasteiger partial charge in [0.25, 0.3) is 0 Å². The molecule has 0 aromatic carbocycles. The van der Waals surface area contributed by atoms with Gasteiger partial charge in [0.1, 0.15) is 0 Å². The van der Waals surface area contributed by atoms with Gasteiger partial charge in [-0.05, 0) is 24.7 Å². The minimum Gasteiger partial charge on any atom is -0.322 e. The summed E-state index contributed by atoms with van der Waals surface area (Å²) < 4.78 is 0. The van der Waals surface area contributed by atoms with Crippen molar-refractivity contribution in [3.8, 4) is 0 Å². The average molecular weight is 219 g/mol. The van der Waals surface area contributed by atoms with Crippen molar-refractivity contribution in [3.05, 3.63) is 24.3 Å². The molecule has 1 aliphatic rings. The summed E-state index contributed by atoms with van der Waals surface area (Å²) in [6.07, 6.45) is 11.7. The number of nitrogens with two attached hydrogens (primary N) is 1. The highest BCUT2D eigenvalue weighted by Gasteiger charge is 2.26. The van der Waals surface area contributed by atoms with Gasteiger partial charge in [0.2, 0.25) is 0 Å². The topological polar surface area (TPSA) is 51.8 Å². The van der Waals surface area contributed by atoms with Crippen LogP contribution in [-0.4, -0.2) is 9.97 Å². The van der Waals surface area contributed by atoms with E-state index < -0.39 is 0 Å². The lowest BCUT2D eigenvalue weighted by molar-refractivity contribution is 0.238. The molecule has 2 rings (SSSR count). The van der Waals surface area contributed by atoms with E-state index in [1.54, 1.807) is 18.6 Å². The maximum absolute atomic E-state index is 6.25. The zero-order chi connectivity index (χ0) is 11.4. The van der Waals surface area contributed by atoms with Crippen LogP contribution in [0.25, 0.3) is 0 Å². The highest BCUT2D eigenvalue weighted by atomic mass is 14.8. The van der Waals surface area contributed by atoms with Gasteiger partial charge in [0.05, 0.1) is 11.7 Å². The van der Waals surface area contributed by atoms with E-state index in [0.717, 1.165) is 11.6 Å². The van der Waals surface area contributed by atoms with Crippen molar-refractivity contribution < 1.29 is 0 Å². The van der Waals surface area contributed by atoms with E-state index in [2.05, 4.69) is 16.9 Å². The van der Waals surface area contributed by atoms with Crippen LogP contribution in [0.4, 0.5) is 0 Å². The molecule has 0 amide bonds. The number of aromatic nitrogens is 2. The molecular formula is C13H21N3. The summed E-state index contributed by atoms with van der Waals surface area (Å²) in [6, 6.07) is 0.0755. The molecule has 2 N–H and O–H groups in total. The number of hydrogen-bond acceptors (Lipinski definition) is 3. The Morgan fingerprint density at radius 1 is 1.31 bits per heavy atom. The van der Waals surface area contributed by atoms with Crippen LogP contribution in [-0.2, 0) is 0 Å². The molecule has 1 saturated carbocycles. The summed E-state index contributed by atoms with van der Waals surface area (Å²) in [6.45, 7) is 2.29. The Balaban J connectivity index is 1.94. The smallest absolute Gasteiger partial charge is 0.0756 e. The Labute approximate surface area is 97.5 Å². The van der Waals surface area contributed by atoms with Crippen molar-refractivity contribution >= 4 is 0 Å². The summed E-state index contributed by atoms with van der Waals surface area (Å²) in [5.74, 6) is 1.52. The Morgan fingerprint density at radius 2 is 2.06 bits per heavy atom. The van der Waals surface area contributed by atoms with Crippen LogP contribution in [0.2, 0.25) is 0 Å². The second kappa shape index (κ2) is 5.39. The Kier molecular flexibility index (Phi) is 3.88. The number of nitrogens with zero attached hydrogens (tertiary/aromatic N) is 2. The van der Waals surface area contributed by atoms with Gasteiger partial charge >= 0.3 is 0 Å². The van der Waals surface area contributed by atoms with E-state index in [0.29, 0.717) is 5.92 Å². The first-order chi connectivity index (χ1) is 7.81. The fourth-order valence-electron chi connectivity index (χ4n) is 2.68. The average Bonchev–Trinajstić information content (AvgIpc) is 2.39. The van der Waals surface area contributed by atoms with Gasteiger partial charge in [0.15, 0.2) is 0 Å². The van der Waals surface area contributed by atoms with E-state index in [-0.39, 0.29) is 6.04 Å². The van der Waals surface area contributed by atoms with Crippen molar-refractivity contribution in [1.29, 1.82) is 0 Å². The van der Waals surface area contributed by atoms with Crippen molar-refractivity contribution in [2.45, 2.75) is 45.1 Å². The molecule has 88 valence electrons. The zero-order valence-corrected chi connectivity index (χ0v) is 9.97. The molecule has 1 atom stereocenters. The van der Waals surface area contributed by atoms with Gasteiger partial charge in [0, 0.05) is 18.6 Å². The van der Waals surface area contributed by atoms with Crippen molar-refractivity contribution in [2.24, 2.45) is 17.6 Å². The third kappa shape index (κ3) is 2.59. The predicted octanol–water partition coefficient (Wildman–Crippen LogP) is 2.69. The molecule has 0 radical (unpaired) electrons. The third-order valence-corrected chi connectivity index (χ3v) is 3.90. The van der Waals surface area contributed by atoms with Gasteiger partial charge in [-0.25, -0.2) is 0 Å². The monoisotopic (exact) mass is 219 g/mol. The zero-order valence-electron chi connectivity index (χ0n) is 9.97. The first-order valence-corrected chi connectivity index (χ1v) is 6.32. The van der Waals surface area contributed by atoms with Crippen molar-refractivity contribution in [1.82, 2.24) is 9.97 Å². The standard InChI is InChI=1S/C13H21N3/c1-2-10-3-5-11(6-4-10)13(14)12-9-15-7-8-16-12/h7-11,13H,2-6,14H2,1H3. The highest BCUT2D eigenvalue weighted by molar-refractivity contribution is 5.03. The lowest BCUT2D eigenvalue weighted by atomic mass is 9.77. The molecule has 0 aliphatic heterocycles. The molecular weight excluding hydrogens is 198 g/mol. The molecule has 0 spiro atoms. The van der Waals surface area contributed by atoms with Crippen LogP contribution in [0.15, 0.2) is 18.6 Å². The molecule has 1 aliphatic carbocycles. The summed E-state index contributed by atoms with van der Waals surface area (Å²) >= 11 is 0. The quantitative estimate of drug-likeness (QED) is 0.850. The van der Waals surface area contributed by atoms with E-state index in [1.165, 1.54) is 32.1 Å².